The second-order valence-corrected chi connectivity index (χ2v) is 7.24. The summed E-state index contributed by atoms with van der Waals surface area (Å²) >= 11 is 1.67. The fraction of sp³-hybridized carbons (Fsp3) is 0.421. The molecule has 0 saturated heterocycles. The van der Waals surface area contributed by atoms with Crippen molar-refractivity contribution in [3.05, 3.63) is 51.2 Å². The van der Waals surface area contributed by atoms with Crippen molar-refractivity contribution < 1.29 is 9.53 Å². The van der Waals surface area contributed by atoms with E-state index in [0.717, 1.165) is 34.9 Å². The summed E-state index contributed by atoms with van der Waals surface area (Å²) in [6.07, 6.45) is 4.75. The third-order valence-electron chi connectivity index (χ3n) is 4.60. The number of hydrogen-bond donors (Lipinski definition) is 1. The lowest BCUT2D eigenvalue weighted by Crippen LogP contribution is -2.21. The van der Waals surface area contributed by atoms with Gasteiger partial charge in [-0.15, -0.1) is 11.3 Å². The minimum Gasteiger partial charge on any atom is -0.497 e. The number of fused-ring (bicyclic) bond motifs is 1. The normalized spacial score (nSPS) is 16.7. The number of ether oxygens (including phenoxy) is 1. The number of amides is 1. The minimum atomic E-state index is 0.0354. The lowest BCUT2D eigenvalue weighted by molar-refractivity contribution is 0.0955. The molecule has 1 aromatic carbocycles. The zero-order valence-electron chi connectivity index (χ0n) is 13.7. The average molecular weight is 329 g/mol. The van der Waals surface area contributed by atoms with Gasteiger partial charge < -0.3 is 10.1 Å². The molecule has 122 valence electrons. The summed E-state index contributed by atoms with van der Waals surface area (Å²) in [6.45, 7) is 2.80. The van der Waals surface area contributed by atoms with Gasteiger partial charge in [0.05, 0.1) is 12.0 Å². The van der Waals surface area contributed by atoms with Gasteiger partial charge in [-0.1, -0.05) is 25.5 Å². The molecule has 0 saturated carbocycles. The Morgan fingerprint density at radius 2 is 2.13 bits per heavy atom. The molecule has 4 heteroatoms. The van der Waals surface area contributed by atoms with Crippen LogP contribution in [0, 0.1) is 5.92 Å². The number of methoxy groups -OCH3 is 1. The molecule has 0 fully saturated rings. The van der Waals surface area contributed by atoms with Crippen molar-refractivity contribution in [3.8, 4) is 5.75 Å². The monoisotopic (exact) mass is 329 g/mol. The van der Waals surface area contributed by atoms with Crippen LogP contribution < -0.4 is 10.1 Å². The highest BCUT2D eigenvalue weighted by atomic mass is 32.1. The molecule has 0 radical (unpaired) electrons. The first-order valence-electron chi connectivity index (χ1n) is 8.22. The highest BCUT2D eigenvalue weighted by Crippen LogP contribution is 2.33. The van der Waals surface area contributed by atoms with Crippen molar-refractivity contribution >= 4 is 17.2 Å². The number of nitrogens with one attached hydrogen (secondary N) is 1. The first-order valence-corrected chi connectivity index (χ1v) is 9.04. The van der Waals surface area contributed by atoms with Gasteiger partial charge in [0.2, 0.25) is 0 Å². The Bertz CT molecular complexity index is 675. The molecule has 0 aliphatic heterocycles. The molecule has 1 aromatic heterocycles. The summed E-state index contributed by atoms with van der Waals surface area (Å²) in [5, 5.41) is 3.02. The van der Waals surface area contributed by atoms with E-state index in [1.807, 2.05) is 24.3 Å². The molecule has 1 unspecified atom stereocenters. The number of hydrogen-bond acceptors (Lipinski definition) is 3. The Morgan fingerprint density at radius 3 is 2.83 bits per heavy atom. The predicted octanol–water partition coefficient (Wildman–Crippen LogP) is 4.20. The molecule has 0 spiro atoms. The second-order valence-electron chi connectivity index (χ2n) is 6.11. The molecule has 1 amide bonds. The quantitative estimate of drug-likeness (QED) is 0.893. The SMILES string of the molecule is CCC1CCc2sc(C(=O)NCc3ccc(OC)cc3)cc2C1. The number of carbonyl (C=O) groups excluding carboxylic acids is 1. The standard InChI is InChI=1S/C19H23NO2S/c1-3-13-6-9-17-15(10-13)11-18(23-17)19(21)20-12-14-4-7-16(22-2)8-5-14/h4-5,7-8,11,13H,3,6,9-10,12H2,1-2H3,(H,20,21). The van der Waals surface area contributed by atoms with Gasteiger partial charge in [0, 0.05) is 11.4 Å². The maximum absolute atomic E-state index is 12.4. The van der Waals surface area contributed by atoms with E-state index >= 15 is 0 Å². The van der Waals surface area contributed by atoms with Gasteiger partial charge in [0.1, 0.15) is 5.75 Å². The highest BCUT2D eigenvalue weighted by molar-refractivity contribution is 7.14. The van der Waals surface area contributed by atoms with Crippen LogP contribution in [0.4, 0.5) is 0 Å². The molecule has 23 heavy (non-hydrogen) atoms. The number of thiophene rings is 1. The Morgan fingerprint density at radius 1 is 1.35 bits per heavy atom. The summed E-state index contributed by atoms with van der Waals surface area (Å²) in [6, 6.07) is 9.88. The number of rotatable bonds is 5. The van der Waals surface area contributed by atoms with Gasteiger partial charge in [-0.3, -0.25) is 4.79 Å². The molecular formula is C19H23NO2S. The van der Waals surface area contributed by atoms with Crippen LogP contribution in [0.5, 0.6) is 5.75 Å². The molecule has 3 rings (SSSR count). The van der Waals surface area contributed by atoms with Crippen LogP contribution in [-0.4, -0.2) is 13.0 Å². The predicted molar refractivity (Wildman–Crippen MR) is 94.3 cm³/mol. The van der Waals surface area contributed by atoms with E-state index < -0.39 is 0 Å². The van der Waals surface area contributed by atoms with Crippen molar-refractivity contribution in [1.29, 1.82) is 0 Å². The van der Waals surface area contributed by atoms with E-state index in [1.165, 1.54) is 23.3 Å². The van der Waals surface area contributed by atoms with Crippen LogP contribution in [0.25, 0.3) is 0 Å². The van der Waals surface area contributed by atoms with E-state index in [1.54, 1.807) is 18.4 Å². The summed E-state index contributed by atoms with van der Waals surface area (Å²) < 4.78 is 5.14. The molecule has 1 heterocycles. The van der Waals surface area contributed by atoms with Gasteiger partial charge in [-0.2, -0.15) is 0 Å². The van der Waals surface area contributed by atoms with Crippen LogP contribution in [0.3, 0.4) is 0 Å². The number of carbonyl (C=O) groups is 1. The fourth-order valence-corrected chi connectivity index (χ4v) is 4.20. The molecule has 3 nitrogen and oxygen atoms in total. The molecule has 1 aliphatic carbocycles. The van der Waals surface area contributed by atoms with Crippen molar-refractivity contribution in [1.82, 2.24) is 5.32 Å². The van der Waals surface area contributed by atoms with Gasteiger partial charge >= 0.3 is 0 Å². The van der Waals surface area contributed by atoms with Gasteiger partial charge in [-0.05, 0) is 54.5 Å². The Balaban J connectivity index is 1.61. The summed E-state index contributed by atoms with van der Waals surface area (Å²) in [5.74, 6) is 1.65. The lowest BCUT2D eigenvalue weighted by atomic mass is 9.87. The average Bonchev–Trinajstić information content (AvgIpc) is 3.03. The first-order chi connectivity index (χ1) is 11.2. The van der Waals surface area contributed by atoms with Gasteiger partial charge in [-0.25, -0.2) is 0 Å². The van der Waals surface area contributed by atoms with E-state index in [9.17, 15) is 4.79 Å². The Hall–Kier alpha value is -1.81. The van der Waals surface area contributed by atoms with Crippen LogP contribution >= 0.6 is 11.3 Å². The lowest BCUT2D eigenvalue weighted by Gasteiger charge is -2.19. The molecule has 0 bridgehead atoms. The van der Waals surface area contributed by atoms with Crippen LogP contribution in [-0.2, 0) is 19.4 Å². The van der Waals surface area contributed by atoms with E-state index in [4.69, 9.17) is 4.74 Å². The number of aryl methyl sites for hydroxylation is 1. The van der Waals surface area contributed by atoms with Crippen LogP contribution in [0.1, 0.15) is 45.4 Å². The van der Waals surface area contributed by atoms with Crippen molar-refractivity contribution in [3.63, 3.8) is 0 Å². The highest BCUT2D eigenvalue weighted by Gasteiger charge is 2.21. The van der Waals surface area contributed by atoms with Gasteiger partial charge in [0.15, 0.2) is 0 Å². The van der Waals surface area contributed by atoms with E-state index in [0.29, 0.717) is 6.54 Å². The molecule has 2 aromatic rings. The van der Waals surface area contributed by atoms with E-state index in [-0.39, 0.29) is 5.91 Å². The largest absolute Gasteiger partial charge is 0.497 e. The van der Waals surface area contributed by atoms with Crippen LogP contribution in [0.2, 0.25) is 0 Å². The smallest absolute Gasteiger partial charge is 0.261 e. The minimum absolute atomic E-state index is 0.0354. The first kappa shape index (κ1) is 16.1. The van der Waals surface area contributed by atoms with Gasteiger partial charge in [0.25, 0.3) is 5.91 Å². The second kappa shape index (κ2) is 7.18. The van der Waals surface area contributed by atoms with Crippen molar-refractivity contribution in [2.24, 2.45) is 5.92 Å². The van der Waals surface area contributed by atoms with Crippen LogP contribution in [0.15, 0.2) is 30.3 Å². The summed E-state index contributed by atoms with van der Waals surface area (Å²) in [7, 11) is 1.65. The summed E-state index contributed by atoms with van der Waals surface area (Å²) in [5.41, 5.74) is 2.47. The van der Waals surface area contributed by atoms with E-state index in [2.05, 4.69) is 18.3 Å². The maximum Gasteiger partial charge on any atom is 0.261 e. The fourth-order valence-electron chi connectivity index (χ4n) is 3.07. The topological polar surface area (TPSA) is 38.3 Å². The molecule has 1 N–H and O–H groups in total. The maximum atomic E-state index is 12.4. The molecule has 1 atom stereocenters. The molecule has 1 aliphatic rings. The van der Waals surface area contributed by atoms with Crippen molar-refractivity contribution in [2.45, 2.75) is 39.2 Å². The van der Waals surface area contributed by atoms with Crippen molar-refractivity contribution in [2.75, 3.05) is 7.11 Å². The third-order valence-corrected chi connectivity index (χ3v) is 5.83. The zero-order valence-corrected chi connectivity index (χ0v) is 14.5. The number of benzene rings is 1. The molecular weight excluding hydrogens is 306 g/mol. The summed E-state index contributed by atoms with van der Waals surface area (Å²) in [4.78, 5) is 14.6. The zero-order chi connectivity index (χ0) is 16.2. The Labute approximate surface area is 141 Å². The Kier molecular flexibility index (Phi) is 5.01. The third kappa shape index (κ3) is 3.75.